The first-order chi connectivity index (χ1) is 15.8. The molecule has 2 heterocycles. The highest BCUT2D eigenvalue weighted by atomic mass is 16.4. The minimum atomic E-state index is -1.16. The van der Waals surface area contributed by atoms with Crippen molar-refractivity contribution in [1.82, 2.24) is 14.7 Å². The molecule has 0 aliphatic carbocycles. The van der Waals surface area contributed by atoms with E-state index in [2.05, 4.69) is 5.32 Å². The first-order valence-electron chi connectivity index (χ1n) is 10.7. The highest BCUT2D eigenvalue weighted by Crippen LogP contribution is 2.40. The molecular weight excluding hydrogens is 422 g/mol. The summed E-state index contributed by atoms with van der Waals surface area (Å²) in [6.07, 6.45) is -1.16. The Kier molecular flexibility index (Phi) is 6.06. The number of carbonyl (C=O) groups excluding carboxylic acids is 1. The molecule has 4 rings (SSSR count). The van der Waals surface area contributed by atoms with Crippen LogP contribution < -0.4 is 10.2 Å². The number of nitrogens with zero attached hydrogens (tertiary/aromatic N) is 4. The lowest BCUT2D eigenvalue weighted by Gasteiger charge is -2.36. The molecule has 0 radical (unpaired) electrons. The summed E-state index contributed by atoms with van der Waals surface area (Å²) in [5, 5.41) is 28.3. The Balaban J connectivity index is 1.81. The normalized spacial score (nSPS) is 15.7. The second-order valence-electron chi connectivity index (χ2n) is 8.51. The standard InChI is InChI=1S/C24H27N5O4/c1-15(2)13-28-21-19(22(30)27(3)24(28)33)20(25-18-7-5-4-6-8-18)29(26-21)14-16-9-11-17(12-10-16)23(31)32/h4-12,15,22,25,30H,13-14H2,1-3H3,(H,31,32). The maximum absolute atomic E-state index is 12.9. The number of benzene rings is 2. The minimum Gasteiger partial charge on any atom is -0.478 e. The number of rotatable bonds is 7. The molecule has 9 heteroatoms. The monoisotopic (exact) mass is 449 g/mol. The summed E-state index contributed by atoms with van der Waals surface area (Å²) >= 11 is 0. The van der Waals surface area contributed by atoms with Crippen molar-refractivity contribution in [3.63, 3.8) is 0 Å². The number of amides is 2. The first-order valence-corrected chi connectivity index (χ1v) is 10.7. The number of aromatic carboxylic acids is 1. The molecular formula is C24H27N5O4. The lowest BCUT2D eigenvalue weighted by atomic mass is 10.1. The number of aliphatic hydroxyl groups is 1. The molecule has 1 atom stereocenters. The Bertz CT molecular complexity index is 1160. The number of fused-ring (bicyclic) bond motifs is 1. The Labute approximate surface area is 191 Å². The van der Waals surface area contributed by atoms with E-state index in [1.807, 2.05) is 44.2 Å². The average molecular weight is 450 g/mol. The van der Waals surface area contributed by atoms with Gasteiger partial charge in [0.15, 0.2) is 12.0 Å². The molecule has 0 bridgehead atoms. The lowest BCUT2D eigenvalue weighted by molar-refractivity contribution is 0.0439. The van der Waals surface area contributed by atoms with E-state index in [1.54, 1.807) is 40.9 Å². The van der Waals surface area contributed by atoms with Crippen LogP contribution in [-0.4, -0.2) is 50.5 Å². The molecule has 2 aromatic carbocycles. The van der Waals surface area contributed by atoms with Gasteiger partial charge in [-0.1, -0.05) is 44.2 Å². The Hall–Kier alpha value is -3.85. The third-order valence-electron chi connectivity index (χ3n) is 5.50. The number of carboxylic acid groups (broad SMARTS) is 1. The van der Waals surface area contributed by atoms with Gasteiger partial charge in [0, 0.05) is 19.3 Å². The number of anilines is 3. The Morgan fingerprint density at radius 2 is 1.79 bits per heavy atom. The average Bonchev–Trinajstić information content (AvgIpc) is 3.13. The van der Waals surface area contributed by atoms with Crippen LogP contribution in [0.25, 0.3) is 0 Å². The van der Waals surface area contributed by atoms with Gasteiger partial charge in [-0.3, -0.25) is 9.80 Å². The number of aliphatic hydroxyl groups excluding tert-OH is 1. The van der Waals surface area contributed by atoms with Crippen LogP contribution in [0.2, 0.25) is 0 Å². The SMILES string of the molecule is CC(C)CN1C(=O)N(C)C(O)c2c1nn(Cc1ccc(C(=O)O)cc1)c2Nc1ccccc1. The number of hydrogen-bond donors (Lipinski definition) is 3. The number of aromatic nitrogens is 2. The molecule has 9 nitrogen and oxygen atoms in total. The molecule has 0 saturated heterocycles. The summed E-state index contributed by atoms with van der Waals surface area (Å²) in [6, 6.07) is 15.8. The zero-order chi connectivity index (χ0) is 23.7. The molecule has 0 spiro atoms. The van der Waals surface area contributed by atoms with Gasteiger partial charge in [-0.2, -0.15) is 5.10 Å². The zero-order valence-corrected chi connectivity index (χ0v) is 18.8. The van der Waals surface area contributed by atoms with Crippen molar-refractivity contribution < 1.29 is 19.8 Å². The highest BCUT2D eigenvalue weighted by molar-refractivity contribution is 5.95. The largest absolute Gasteiger partial charge is 0.478 e. The number of carboxylic acids is 1. The molecule has 0 saturated carbocycles. The summed E-state index contributed by atoms with van der Waals surface area (Å²) in [5.41, 5.74) is 2.36. The Morgan fingerprint density at radius 1 is 1.12 bits per heavy atom. The van der Waals surface area contributed by atoms with E-state index in [4.69, 9.17) is 10.2 Å². The Morgan fingerprint density at radius 3 is 2.39 bits per heavy atom. The van der Waals surface area contributed by atoms with Crippen molar-refractivity contribution in [1.29, 1.82) is 0 Å². The number of para-hydroxylation sites is 1. The maximum atomic E-state index is 12.9. The van der Waals surface area contributed by atoms with E-state index in [9.17, 15) is 14.7 Å². The summed E-state index contributed by atoms with van der Waals surface area (Å²) in [4.78, 5) is 27.0. The van der Waals surface area contributed by atoms with E-state index >= 15 is 0 Å². The molecule has 3 N–H and O–H groups in total. The molecule has 1 aliphatic heterocycles. The third-order valence-corrected chi connectivity index (χ3v) is 5.50. The van der Waals surface area contributed by atoms with Crippen LogP contribution in [0.3, 0.4) is 0 Å². The maximum Gasteiger partial charge on any atom is 0.335 e. The quantitative estimate of drug-likeness (QED) is 0.505. The fourth-order valence-electron chi connectivity index (χ4n) is 3.84. The first kappa shape index (κ1) is 22.3. The second kappa shape index (κ2) is 8.95. The number of hydrogen-bond acceptors (Lipinski definition) is 5. The molecule has 1 aliphatic rings. The highest BCUT2D eigenvalue weighted by Gasteiger charge is 2.40. The topological polar surface area (TPSA) is 111 Å². The number of urea groups is 1. The van der Waals surface area contributed by atoms with Crippen molar-refractivity contribution in [2.75, 3.05) is 23.8 Å². The fraction of sp³-hybridized carbons (Fsp3) is 0.292. The predicted molar refractivity (Wildman–Crippen MR) is 125 cm³/mol. The van der Waals surface area contributed by atoms with Crippen molar-refractivity contribution in [3.8, 4) is 0 Å². The lowest BCUT2D eigenvalue weighted by Crippen LogP contribution is -2.48. The van der Waals surface area contributed by atoms with Gasteiger partial charge in [-0.15, -0.1) is 0 Å². The van der Waals surface area contributed by atoms with Crippen molar-refractivity contribution >= 4 is 29.3 Å². The van der Waals surface area contributed by atoms with Crippen LogP contribution in [0, 0.1) is 5.92 Å². The van der Waals surface area contributed by atoms with Crippen molar-refractivity contribution in [2.45, 2.75) is 26.6 Å². The van der Waals surface area contributed by atoms with Crippen LogP contribution in [0.5, 0.6) is 0 Å². The molecule has 0 fully saturated rings. The van der Waals surface area contributed by atoms with Gasteiger partial charge >= 0.3 is 12.0 Å². The fourth-order valence-corrected chi connectivity index (χ4v) is 3.84. The second-order valence-corrected chi connectivity index (χ2v) is 8.51. The summed E-state index contributed by atoms with van der Waals surface area (Å²) < 4.78 is 1.70. The van der Waals surface area contributed by atoms with Gasteiger partial charge in [0.2, 0.25) is 0 Å². The van der Waals surface area contributed by atoms with Gasteiger partial charge in [0.25, 0.3) is 0 Å². The molecule has 1 unspecified atom stereocenters. The van der Waals surface area contributed by atoms with Crippen LogP contribution in [0.1, 0.15) is 41.6 Å². The summed E-state index contributed by atoms with van der Waals surface area (Å²) in [6.45, 7) is 4.81. The number of carbonyl (C=O) groups is 2. The van der Waals surface area contributed by atoms with Gasteiger partial charge in [-0.05, 0) is 35.7 Å². The molecule has 2 amide bonds. The van der Waals surface area contributed by atoms with Crippen LogP contribution in [0.4, 0.5) is 22.1 Å². The van der Waals surface area contributed by atoms with E-state index in [0.29, 0.717) is 30.3 Å². The molecule has 33 heavy (non-hydrogen) atoms. The molecule has 172 valence electrons. The summed E-state index contributed by atoms with van der Waals surface area (Å²) in [5.74, 6) is 0.195. The molecule has 1 aromatic heterocycles. The van der Waals surface area contributed by atoms with E-state index in [1.165, 1.54) is 4.90 Å². The van der Waals surface area contributed by atoms with Gasteiger partial charge in [-0.25, -0.2) is 14.3 Å². The van der Waals surface area contributed by atoms with Gasteiger partial charge in [0.05, 0.1) is 17.7 Å². The predicted octanol–water partition coefficient (Wildman–Crippen LogP) is 3.89. The molecule has 3 aromatic rings. The van der Waals surface area contributed by atoms with Crippen molar-refractivity contribution in [2.24, 2.45) is 5.92 Å². The number of nitrogens with one attached hydrogen (secondary N) is 1. The zero-order valence-electron chi connectivity index (χ0n) is 18.8. The van der Waals surface area contributed by atoms with E-state index in [-0.39, 0.29) is 17.5 Å². The van der Waals surface area contributed by atoms with Gasteiger partial charge in [0.1, 0.15) is 5.82 Å². The third kappa shape index (κ3) is 4.40. The van der Waals surface area contributed by atoms with Gasteiger partial charge < -0.3 is 15.5 Å². The van der Waals surface area contributed by atoms with E-state index in [0.717, 1.165) is 11.3 Å². The minimum absolute atomic E-state index is 0.199. The van der Waals surface area contributed by atoms with Crippen LogP contribution in [-0.2, 0) is 6.54 Å². The smallest absolute Gasteiger partial charge is 0.335 e. The van der Waals surface area contributed by atoms with Crippen LogP contribution >= 0.6 is 0 Å². The van der Waals surface area contributed by atoms with Crippen molar-refractivity contribution in [3.05, 3.63) is 71.3 Å². The van der Waals surface area contributed by atoms with E-state index < -0.39 is 12.2 Å². The van der Waals surface area contributed by atoms with Crippen LogP contribution in [0.15, 0.2) is 54.6 Å². The summed E-state index contributed by atoms with van der Waals surface area (Å²) in [7, 11) is 1.57.